The maximum atomic E-state index is 5.70. The van der Waals surface area contributed by atoms with Crippen molar-refractivity contribution in [3.8, 4) is 0 Å². The summed E-state index contributed by atoms with van der Waals surface area (Å²) in [5.41, 5.74) is 8.32. The van der Waals surface area contributed by atoms with Crippen molar-refractivity contribution in [3.63, 3.8) is 0 Å². The van der Waals surface area contributed by atoms with E-state index in [0.29, 0.717) is 18.4 Å². The van der Waals surface area contributed by atoms with Crippen molar-refractivity contribution in [2.75, 3.05) is 0 Å². The molecule has 0 unspecified atom stereocenters. The van der Waals surface area contributed by atoms with Crippen molar-refractivity contribution < 1.29 is 0 Å². The van der Waals surface area contributed by atoms with E-state index in [4.69, 9.17) is 5.73 Å². The van der Waals surface area contributed by atoms with E-state index in [1.165, 1.54) is 49.9 Å². The minimum atomic E-state index is 0.491. The van der Waals surface area contributed by atoms with Gasteiger partial charge in [-0.1, -0.05) is 39.5 Å². The number of aromatic nitrogens is 2. The number of nitrogens with one attached hydrogen (secondary N) is 1. The zero-order chi connectivity index (χ0) is 12.3. The number of nitrogens with two attached hydrogens (primary N) is 1. The molecule has 0 bridgehead atoms. The topological polar surface area (TPSA) is 54.7 Å². The molecule has 0 amide bonds. The van der Waals surface area contributed by atoms with Crippen LogP contribution in [0, 0.1) is 0 Å². The average Bonchev–Trinajstić information content (AvgIpc) is 2.57. The molecule has 3 N–H and O–H groups in total. The van der Waals surface area contributed by atoms with Crippen molar-refractivity contribution in [3.05, 3.63) is 17.2 Å². The Morgan fingerprint density at radius 3 is 2.41 bits per heavy atom. The second-order valence-corrected chi connectivity index (χ2v) is 5.53. The summed E-state index contributed by atoms with van der Waals surface area (Å²) in [4.78, 5) is 8.13. The van der Waals surface area contributed by atoms with Gasteiger partial charge in [-0.25, -0.2) is 4.98 Å². The normalized spacial score (nSPS) is 18.6. The van der Waals surface area contributed by atoms with Gasteiger partial charge in [-0.15, -0.1) is 0 Å². The number of rotatable bonds is 3. The number of imidazole rings is 1. The van der Waals surface area contributed by atoms with Crippen molar-refractivity contribution in [2.24, 2.45) is 5.73 Å². The van der Waals surface area contributed by atoms with E-state index < -0.39 is 0 Å². The summed E-state index contributed by atoms with van der Waals surface area (Å²) >= 11 is 0. The molecule has 2 rings (SSSR count). The van der Waals surface area contributed by atoms with Crippen LogP contribution in [0.4, 0.5) is 0 Å². The summed E-state index contributed by atoms with van der Waals surface area (Å²) in [7, 11) is 0. The minimum Gasteiger partial charge on any atom is -0.344 e. The highest BCUT2D eigenvalue weighted by Crippen LogP contribution is 2.34. The van der Waals surface area contributed by atoms with Crippen molar-refractivity contribution >= 4 is 0 Å². The first-order chi connectivity index (χ1) is 8.22. The molecule has 1 saturated carbocycles. The monoisotopic (exact) mass is 235 g/mol. The van der Waals surface area contributed by atoms with Crippen LogP contribution >= 0.6 is 0 Å². The molecule has 0 aliphatic heterocycles. The first-order valence-corrected chi connectivity index (χ1v) is 7.01. The van der Waals surface area contributed by atoms with E-state index in [9.17, 15) is 0 Å². The highest BCUT2D eigenvalue weighted by Gasteiger charge is 2.22. The van der Waals surface area contributed by atoms with E-state index in [0.717, 1.165) is 5.82 Å². The largest absolute Gasteiger partial charge is 0.344 e. The number of hydrogen-bond donors (Lipinski definition) is 2. The lowest BCUT2D eigenvalue weighted by atomic mass is 9.92. The van der Waals surface area contributed by atoms with Crippen LogP contribution in [0.3, 0.4) is 0 Å². The lowest BCUT2D eigenvalue weighted by Gasteiger charge is -2.15. The van der Waals surface area contributed by atoms with Gasteiger partial charge in [-0.05, 0) is 18.8 Å². The summed E-state index contributed by atoms with van der Waals surface area (Å²) in [6.07, 6.45) is 8.13. The third-order valence-corrected chi connectivity index (χ3v) is 3.81. The summed E-state index contributed by atoms with van der Waals surface area (Å²) in [5.74, 6) is 2.13. The molecule has 3 heteroatoms. The molecule has 0 spiro atoms. The Hall–Kier alpha value is -0.830. The second-order valence-electron chi connectivity index (χ2n) is 5.53. The van der Waals surface area contributed by atoms with Gasteiger partial charge in [0.1, 0.15) is 5.82 Å². The van der Waals surface area contributed by atoms with Gasteiger partial charge in [0, 0.05) is 11.6 Å². The lowest BCUT2D eigenvalue weighted by Crippen LogP contribution is -2.03. The quantitative estimate of drug-likeness (QED) is 0.789. The molecule has 0 aromatic carbocycles. The van der Waals surface area contributed by atoms with Gasteiger partial charge >= 0.3 is 0 Å². The molecular weight excluding hydrogens is 210 g/mol. The van der Waals surface area contributed by atoms with E-state index in [1.807, 2.05) is 0 Å². The van der Waals surface area contributed by atoms with Gasteiger partial charge in [0.25, 0.3) is 0 Å². The van der Waals surface area contributed by atoms with Gasteiger partial charge in [0.2, 0.25) is 0 Å². The summed E-state index contributed by atoms with van der Waals surface area (Å²) in [5, 5.41) is 0. The van der Waals surface area contributed by atoms with Gasteiger partial charge in [0.05, 0.1) is 12.2 Å². The number of aromatic amines is 1. The predicted octanol–water partition coefficient (Wildman–Crippen LogP) is 3.43. The van der Waals surface area contributed by atoms with Gasteiger partial charge in [0.15, 0.2) is 0 Å². The highest BCUT2D eigenvalue weighted by atomic mass is 15.0. The molecule has 17 heavy (non-hydrogen) atoms. The van der Waals surface area contributed by atoms with Gasteiger partial charge < -0.3 is 10.7 Å². The summed E-state index contributed by atoms with van der Waals surface area (Å²) in [6, 6.07) is 0. The standard InChI is InChI=1S/C14H25N3/c1-10(2)13-14(17-12(9-15)16-13)11-7-5-3-4-6-8-11/h10-11H,3-9,15H2,1-2H3,(H,16,17). The maximum absolute atomic E-state index is 5.70. The number of H-pyrrole nitrogens is 1. The van der Waals surface area contributed by atoms with E-state index in [2.05, 4.69) is 23.8 Å². The van der Waals surface area contributed by atoms with E-state index in [-0.39, 0.29) is 0 Å². The molecule has 0 atom stereocenters. The van der Waals surface area contributed by atoms with Crippen LogP contribution in [0.25, 0.3) is 0 Å². The SMILES string of the molecule is CC(C)c1nc(CN)[nH]c1C1CCCCCC1. The number of nitrogens with zero attached hydrogens (tertiary/aromatic N) is 1. The fourth-order valence-corrected chi connectivity index (χ4v) is 2.87. The highest BCUT2D eigenvalue weighted by molar-refractivity contribution is 5.22. The van der Waals surface area contributed by atoms with E-state index >= 15 is 0 Å². The molecule has 1 fully saturated rings. The van der Waals surface area contributed by atoms with Gasteiger partial charge in [-0.3, -0.25) is 0 Å². The molecule has 96 valence electrons. The van der Waals surface area contributed by atoms with Crippen LogP contribution < -0.4 is 5.73 Å². The van der Waals surface area contributed by atoms with Gasteiger partial charge in [-0.2, -0.15) is 0 Å². The fraction of sp³-hybridized carbons (Fsp3) is 0.786. The third kappa shape index (κ3) is 2.89. The van der Waals surface area contributed by atoms with Crippen LogP contribution in [0.15, 0.2) is 0 Å². The van der Waals surface area contributed by atoms with Crippen LogP contribution in [0.2, 0.25) is 0 Å². The van der Waals surface area contributed by atoms with Crippen LogP contribution in [-0.2, 0) is 6.54 Å². The smallest absolute Gasteiger partial charge is 0.120 e. The molecule has 1 aromatic rings. The predicted molar refractivity (Wildman–Crippen MR) is 71.0 cm³/mol. The molecule has 1 aliphatic rings. The molecule has 1 heterocycles. The Bertz CT molecular complexity index is 346. The third-order valence-electron chi connectivity index (χ3n) is 3.81. The summed E-state index contributed by atoms with van der Waals surface area (Å²) in [6.45, 7) is 4.96. The van der Waals surface area contributed by atoms with E-state index in [1.54, 1.807) is 0 Å². The number of hydrogen-bond acceptors (Lipinski definition) is 2. The summed E-state index contributed by atoms with van der Waals surface area (Å²) < 4.78 is 0. The molecule has 0 radical (unpaired) electrons. The molecule has 1 aromatic heterocycles. The maximum Gasteiger partial charge on any atom is 0.120 e. The Morgan fingerprint density at radius 1 is 1.24 bits per heavy atom. The Kier molecular flexibility index (Phi) is 4.21. The zero-order valence-corrected chi connectivity index (χ0v) is 11.1. The second kappa shape index (κ2) is 5.67. The van der Waals surface area contributed by atoms with Crippen LogP contribution in [0.1, 0.15) is 81.4 Å². The Balaban J connectivity index is 2.25. The molecular formula is C14H25N3. The lowest BCUT2D eigenvalue weighted by molar-refractivity contribution is 0.569. The zero-order valence-electron chi connectivity index (χ0n) is 11.1. The van der Waals surface area contributed by atoms with Crippen molar-refractivity contribution in [1.29, 1.82) is 0 Å². The van der Waals surface area contributed by atoms with Crippen molar-refractivity contribution in [1.82, 2.24) is 9.97 Å². The molecule has 3 nitrogen and oxygen atoms in total. The van der Waals surface area contributed by atoms with Crippen molar-refractivity contribution in [2.45, 2.75) is 70.8 Å². The Morgan fingerprint density at radius 2 is 1.88 bits per heavy atom. The first kappa shape index (κ1) is 12.6. The minimum absolute atomic E-state index is 0.491. The molecule has 1 aliphatic carbocycles. The first-order valence-electron chi connectivity index (χ1n) is 7.01. The van der Waals surface area contributed by atoms with Crippen LogP contribution in [0.5, 0.6) is 0 Å². The average molecular weight is 235 g/mol. The van der Waals surface area contributed by atoms with Crippen LogP contribution in [-0.4, -0.2) is 9.97 Å². The molecule has 0 saturated heterocycles. The Labute approximate surface area is 104 Å². The fourth-order valence-electron chi connectivity index (χ4n) is 2.87.